The standard InChI is InChI=1S/C35H64O4/c1-9-10-11-12-13-14-15-16-17-18-19-20-21-22-23-24-25-39-32(36)28(2)29-26-30(33(3,4)5)35(37,38)31(27-29)34(6,7)8/h26-28,30,37-38H,9-25H2,1-8H3. The van der Waals surface area contributed by atoms with E-state index in [1.54, 1.807) is 0 Å². The van der Waals surface area contributed by atoms with Crippen LogP contribution in [-0.2, 0) is 9.53 Å². The van der Waals surface area contributed by atoms with E-state index in [1.165, 1.54) is 89.9 Å². The Balaban J connectivity index is 2.28. The van der Waals surface area contributed by atoms with Crippen LogP contribution in [0.4, 0.5) is 0 Å². The number of esters is 1. The Bertz CT molecular complexity index is 748. The van der Waals surface area contributed by atoms with Crippen molar-refractivity contribution in [3.05, 3.63) is 23.3 Å². The van der Waals surface area contributed by atoms with E-state index in [-0.39, 0.29) is 11.4 Å². The van der Waals surface area contributed by atoms with E-state index in [1.807, 2.05) is 60.6 Å². The van der Waals surface area contributed by atoms with Crippen LogP contribution in [0, 0.1) is 22.7 Å². The summed E-state index contributed by atoms with van der Waals surface area (Å²) in [5, 5.41) is 22.2. The molecule has 0 aliphatic heterocycles. The van der Waals surface area contributed by atoms with Crippen LogP contribution in [0.5, 0.6) is 0 Å². The third-order valence-corrected chi connectivity index (χ3v) is 8.34. The van der Waals surface area contributed by atoms with E-state index >= 15 is 0 Å². The van der Waals surface area contributed by atoms with Gasteiger partial charge in [0.25, 0.3) is 0 Å². The van der Waals surface area contributed by atoms with Gasteiger partial charge < -0.3 is 14.9 Å². The lowest BCUT2D eigenvalue weighted by molar-refractivity contribution is -0.188. The Morgan fingerprint density at radius 2 is 1.21 bits per heavy atom. The molecule has 0 saturated heterocycles. The fourth-order valence-electron chi connectivity index (χ4n) is 5.77. The average molecular weight is 549 g/mol. The zero-order valence-electron chi connectivity index (χ0n) is 27.0. The number of allylic oxidation sites excluding steroid dienone is 1. The summed E-state index contributed by atoms with van der Waals surface area (Å²) in [6, 6.07) is 0. The summed E-state index contributed by atoms with van der Waals surface area (Å²) in [6.45, 7) is 16.5. The molecule has 2 unspecified atom stereocenters. The molecule has 0 fully saturated rings. The number of aliphatic hydroxyl groups is 2. The van der Waals surface area contributed by atoms with Crippen molar-refractivity contribution in [2.45, 2.75) is 164 Å². The lowest BCUT2D eigenvalue weighted by atomic mass is 9.64. The van der Waals surface area contributed by atoms with Crippen LogP contribution in [0.2, 0.25) is 0 Å². The number of hydrogen-bond acceptors (Lipinski definition) is 4. The van der Waals surface area contributed by atoms with E-state index < -0.39 is 23.0 Å². The van der Waals surface area contributed by atoms with Gasteiger partial charge in [-0.2, -0.15) is 0 Å². The number of carbonyl (C=O) groups is 1. The minimum Gasteiger partial charge on any atom is -0.465 e. The average Bonchev–Trinajstić information content (AvgIpc) is 2.83. The second-order valence-corrected chi connectivity index (χ2v) is 14.2. The summed E-state index contributed by atoms with van der Waals surface area (Å²) >= 11 is 0. The smallest absolute Gasteiger partial charge is 0.313 e. The minimum atomic E-state index is -1.95. The van der Waals surface area contributed by atoms with Crippen molar-refractivity contribution >= 4 is 5.97 Å². The summed E-state index contributed by atoms with van der Waals surface area (Å²) in [6.07, 6.45) is 24.8. The molecule has 228 valence electrons. The Kier molecular flexibility index (Phi) is 16.2. The molecule has 2 atom stereocenters. The number of hydrogen-bond donors (Lipinski definition) is 2. The molecule has 0 aromatic carbocycles. The van der Waals surface area contributed by atoms with Crippen LogP contribution in [0.15, 0.2) is 23.3 Å². The topological polar surface area (TPSA) is 66.8 Å². The second kappa shape index (κ2) is 17.6. The molecular weight excluding hydrogens is 484 g/mol. The predicted molar refractivity (Wildman–Crippen MR) is 165 cm³/mol. The highest BCUT2D eigenvalue weighted by atomic mass is 16.5. The first-order valence-corrected chi connectivity index (χ1v) is 16.3. The first-order chi connectivity index (χ1) is 18.2. The van der Waals surface area contributed by atoms with Crippen LogP contribution < -0.4 is 0 Å². The molecule has 1 aliphatic carbocycles. The summed E-state index contributed by atoms with van der Waals surface area (Å²) in [7, 11) is 0. The van der Waals surface area contributed by atoms with Gasteiger partial charge in [0, 0.05) is 5.92 Å². The van der Waals surface area contributed by atoms with Gasteiger partial charge >= 0.3 is 5.97 Å². The van der Waals surface area contributed by atoms with Crippen molar-refractivity contribution in [3.8, 4) is 0 Å². The summed E-state index contributed by atoms with van der Waals surface area (Å²) in [4.78, 5) is 12.9. The Morgan fingerprint density at radius 1 is 0.795 bits per heavy atom. The van der Waals surface area contributed by atoms with E-state index in [9.17, 15) is 15.0 Å². The highest BCUT2D eigenvalue weighted by Gasteiger charge is 2.49. The van der Waals surface area contributed by atoms with Crippen molar-refractivity contribution in [2.75, 3.05) is 6.61 Å². The first kappa shape index (κ1) is 35.9. The molecule has 0 spiro atoms. The van der Waals surface area contributed by atoms with Gasteiger partial charge in [-0.25, -0.2) is 0 Å². The van der Waals surface area contributed by atoms with Crippen molar-refractivity contribution in [1.29, 1.82) is 0 Å². The second-order valence-electron chi connectivity index (χ2n) is 14.2. The number of ether oxygens (including phenoxy) is 1. The quantitative estimate of drug-likeness (QED) is 0.0957. The molecule has 1 rings (SSSR count). The van der Waals surface area contributed by atoms with Crippen molar-refractivity contribution in [2.24, 2.45) is 22.7 Å². The third kappa shape index (κ3) is 13.4. The van der Waals surface area contributed by atoms with Gasteiger partial charge in [-0.15, -0.1) is 0 Å². The maximum absolute atomic E-state index is 12.9. The predicted octanol–water partition coefficient (Wildman–Crippen LogP) is 9.68. The number of carbonyl (C=O) groups excluding carboxylic acids is 1. The maximum atomic E-state index is 12.9. The minimum absolute atomic E-state index is 0.234. The molecule has 0 saturated carbocycles. The van der Waals surface area contributed by atoms with Gasteiger partial charge in [0.1, 0.15) is 0 Å². The summed E-state index contributed by atoms with van der Waals surface area (Å²) in [5.41, 5.74) is 0.542. The van der Waals surface area contributed by atoms with Crippen LogP contribution in [-0.4, -0.2) is 28.6 Å². The molecule has 1 aliphatic rings. The zero-order chi connectivity index (χ0) is 29.5. The monoisotopic (exact) mass is 548 g/mol. The molecule has 0 aromatic rings. The lowest BCUT2D eigenvalue weighted by Gasteiger charge is -2.46. The molecule has 0 heterocycles. The van der Waals surface area contributed by atoms with Gasteiger partial charge in [-0.1, -0.05) is 157 Å². The summed E-state index contributed by atoms with van der Waals surface area (Å²) < 4.78 is 5.64. The molecule has 4 nitrogen and oxygen atoms in total. The molecule has 2 N–H and O–H groups in total. The van der Waals surface area contributed by atoms with Crippen molar-refractivity contribution in [1.82, 2.24) is 0 Å². The molecule has 4 heteroatoms. The number of unbranched alkanes of at least 4 members (excludes halogenated alkanes) is 15. The van der Waals surface area contributed by atoms with Crippen LogP contribution in [0.25, 0.3) is 0 Å². The van der Waals surface area contributed by atoms with Gasteiger partial charge in [0.15, 0.2) is 5.79 Å². The van der Waals surface area contributed by atoms with Crippen LogP contribution in [0.1, 0.15) is 158 Å². The fraction of sp³-hybridized carbons (Fsp3) is 0.857. The van der Waals surface area contributed by atoms with E-state index in [0.29, 0.717) is 12.2 Å². The van der Waals surface area contributed by atoms with E-state index in [0.717, 1.165) is 18.4 Å². The Morgan fingerprint density at radius 3 is 1.59 bits per heavy atom. The molecule has 0 radical (unpaired) electrons. The molecule has 0 aromatic heterocycles. The molecular formula is C35H64O4. The van der Waals surface area contributed by atoms with Gasteiger partial charge in [0.05, 0.1) is 12.5 Å². The molecule has 0 amide bonds. The Labute approximate surface area is 242 Å². The SMILES string of the molecule is CCCCCCCCCCCCCCCCCCOC(=O)C(C)C1=CC(C(C)(C)C)C(O)(O)C(C(C)(C)C)=C1. The lowest BCUT2D eigenvalue weighted by Crippen LogP contribution is -2.50. The first-order valence-electron chi connectivity index (χ1n) is 16.3. The van der Waals surface area contributed by atoms with E-state index in [4.69, 9.17) is 4.74 Å². The Hall–Kier alpha value is -1.13. The highest BCUT2D eigenvalue weighted by molar-refractivity contribution is 5.76. The molecule has 39 heavy (non-hydrogen) atoms. The van der Waals surface area contributed by atoms with Crippen molar-refractivity contribution in [3.63, 3.8) is 0 Å². The largest absolute Gasteiger partial charge is 0.465 e. The van der Waals surface area contributed by atoms with Crippen LogP contribution in [0.3, 0.4) is 0 Å². The van der Waals surface area contributed by atoms with Gasteiger partial charge in [-0.05, 0) is 35.3 Å². The third-order valence-electron chi connectivity index (χ3n) is 8.34. The van der Waals surface area contributed by atoms with Gasteiger partial charge in [0.2, 0.25) is 0 Å². The molecule has 0 bridgehead atoms. The van der Waals surface area contributed by atoms with E-state index in [2.05, 4.69) is 6.92 Å². The zero-order valence-corrected chi connectivity index (χ0v) is 27.0. The van der Waals surface area contributed by atoms with Crippen molar-refractivity contribution < 1.29 is 19.7 Å². The normalized spacial score (nSPS) is 18.5. The number of rotatable bonds is 19. The highest BCUT2D eigenvalue weighted by Crippen LogP contribution is 2.48. The summed E-state index contributed by atoms with van der Waals surface area (Å²) in [5.74, 6) is -3.14. The maximum Gasteiger partial charge on any atom is 0.313 e. The van der Waals surface area contributed by atoms with Crippen LogP contribution >= 0.6 is 0 Å². The van der Waals surface area contributed by atoms with Gasteiger partial charge in [-0.3, -0.25) is 4.79 Å². The fourth-order valence-corrected chi connectivity index (χ4v) is 5.77.